The van der Waals surface area contributed by atoms with E-state index >= 15 is 0 Å². The van der Waals surface area contributed by atoms with Crippen molar-refractivity contribution in [2.75, 3.05) is 18.1 Å². The van der Waals surface area contributed by atoms with Crippen LogP contribution in [-0.4, -0.2) is 34.3 Å². The van der Waals surface area contributed by atoms with Gasteiger partial charge in [-0.05, 0) is 108 Å². The third-order valence-electron chi connectivity index (χ3n) is 11.1. The lowest BCUT2D eigenvalue weighted by molar-refractivity contribution is 0.0697. The number of nitrogens with zero attached hydrogens (tertiary/aromatic N) is 3. The van der Waals surface area contributed by atoms with Gasteiger partial charge in [-0.15, -0.1) is 11.3 Å². The van der Waals surface area contributed by atoms with Crippen LogP contribution in [0.5, 0.6) is 11.5 Å². The fourth-order valence-electron chi connectivity index (χ4n) is 7.62. The Bertz CT molecular complexity index is 2350. The summed E-state index contributed by atoms with van der Waals surface area (Å²) in [5, 5.41) is 9.39. The van der Waals surface area contributed by atoms with Crippen molar-refractivity contribution in [1.82, 2.24) is 9.97 Å². The van der Waals surface area contributed by atoms with Gasteiger partial charge in [0.1, 0.15) is 22.5 Å². The molecule has 8 heteroatoms. The average molecular weight is 832 g/mol. The van der Waals surface area contributed by atoms with E-state index < -0.39 is 5.97 Å². The van der Waals surface area contributed by atoms with Crippen LogP contribution in [0.15, 0.2) is 134 Å². The molecule has 314 valence electrons. The van der Waals surface area contributed by atoms with Crippen LogP contribution in [0.1, 0.15) is 101 Å². The zero-order valence-corrected chi connectivity index (χ0v) is 36.3. The first-order valence-electron chi connectivity index (χ1n) is 22.1. The number of anilines is 3. The quantitative estimate of drug-likeness (QED) is 0.0643. The summed E-state index contributed by atoms with van der Waals surface area (Å²) >= 11 is 1.62. The van der Waals surface area contributed by atoms with Gasteiger partial charge in [-0.2, -0.15) is 0 Å². The molecule has 61 heavy (non-hydrogen) atoms. The lowest BCUT2D eigenvalue weighted by Crippen LogP contribution is -2.10. The van der Waals surface area contributed by atoms with Gasteiger partial charge in [0.05, 0.1) is 28.5 Å². The number of rotatable bonds is 23. The van der Waals surface area contributed by atoms with Crippen LogP contribution < -0.4 is 14.4 Å². The summed E-state index contributed by atoms with van der Waals surface area (Å²) in [4.78, 5) is 25.1. The number of aromatic nitrogens is 2. The third-order valence-corrected chi connectivity index (χ3v) is 12.3. The fourth-order valence-corrected chi connectivity index (χ4v) is 8.82. The maximum atomic E-state index is 11.5. The van der Waals surface area contributed by atoms with Crippen LogP contribution in [0.25, 0.3) is 43.0 Å². The molecule has 2 heterocycles. The van der Waals surface area contributed by atoms with Crippen LogP contribution in [0.2, 0.25) is 0 Å². The monoisotopic (exact) mass is 831 g/mol. The Morgan fingerprint density at radius 1 is 0.492 bits per heavy atom. The average Bonchev–Trinajstić information content (AvgIpc) is 3.69. The highest BCUT2D eigenvalue weighted by atomic mass is 32.1. The Morgan fingerprint density at radius 2 is 0.852 bits per heavy atom. The molecule has 1 N–H and O–H groups in total. The standard InChI is InChI=1S/C53H57N3O4S/c1-3-5-7-9-11-13-37-59-47-31-27-45(28-32-47)56(46-29-33-48(34-30-46)60-38-14-12-10-8-6-4-2)44-25-23-40(24-26-44)39-15-17-41(18-16-39)51-49-50(55-36-35-54-49)52(61-51)42-19-21-43(22-20-42)53(57)58/h15-36H,3-14,37-38H2,1-2H3,(H,57,58). The molecule has 0 spiro atoms. The van der Waals surface area contributed by atoms with Crippen molar-refractivity contribution in [3.8, 4) is 43.5 Å². The molecule has 0 fully saturated rings. The number of carbonyl (C=O) groups is 1. The minimum atomic E-state index is -0.945. The molecule has 0 aliphatic rings. The molecule has 0 saturated heterocycles. The van der Waals surface area contributed by atoms with Crippen LogP contribution >= 0.6 is 11.3 Å². The van der Waals surface area contributed by atoms with E-state index in [0.717, 1.165) is 97.7 Å². The van der Waals surface area contributed by atoms with Gasteiger partial charge in [0, 0.05) is 29.5 Å². The molecule has 0 aliphatic carbocycles. The number of benzene rings is 5. The van der Waals surface area contributed by atoms with Crippen molar-refractivity contribution in [2.45, 2.75) is 90.9 Å². The summed E-state index contributed by atoms with van der Waals surface area (Å²) in [6.07, 6.45) is 18.3. The number of thiophene rings is 1. The molecule has 0 amide bonds. The highest BCUT2D eigenvalue weighted by molar-refractivity contribution is 7.20. The summed E-state index contributed by atoms with van der Waals surface area (Å²) in [6, 6.07) is 41.1. The molecule has 0 radical (unpaired) electrons. The number of carboxylic acid groups (broad SMARTS) is 1. The molecule has 0 atom stereocenters. The molecule has 0 unspecified atom stereocenters. The molecule has 7 aromatic rings. The second-order valence-corrected chi connectivity index (χ2v) is 16.6. The van der Waals surface area contributed by atoms with Crippen molar-refractivity contribution in [2.24, 2.45) is 0 Å². The van der Waals surface area contributed by atoms with Crippen molar-refractivity contribution < 1.29 is 19.4 Å². The van der Waals surface area contributed by atoms with E-state index in [9.17, 15) is 9.90 Å². The smallest absolute Gasteiger partial charge is 0.335 e. The minimum Gasteiger partial charge on any atom is -0.494 e. The second kappa shape index (κ2) is 22.0. The van der Waals surface area contributed by atoms with E-state index in [1.165, 1.54) is 64.2 Å². The van der Waals surface area contributed by atoms with E-state index in [2.05, 4.69) is 121 Å². The summed E-state index contributed by atoms with van der Waals surface area (Å²) in [6.45, 7) is 5.98. The Kier molecular flexibility index (Phi) is 15.6. The number of carboxylic acids is 1. The second-order valence-electron chi connectivity index (χ2n) is 15.6. The van der Waals surface area contributed by atoms with Gasteiger partial charge in [0.15, 0.2) is 0 Å². The van der Waals surface area contributed by atoms with E-state index in [0.29, 0.717) is 0 Å². The van der Waals surface area contributed by atoms with Gasteiger partial charge >= 0.3 is 5.97 Å². The SMILES string of the molecule is CCCCCCCCOc1ccc(N(c2ccc(OCCCCCCCC)cc2)c2ccc(-c3ccc(-c4sc(-c5ccc(C(=O)O)cc5)c5nccnc45)cc3)cc2)cc1. The largest absolute Gasteiger partial charge is 0.494 e. The third kappa shape index (κ3) is 11.4. The van der Waals surface area contributed by atoms with Gasteiger partial charge in [-0.25, -0.2) is 4.79 Å². The van der Waals surface area contributed by atoms with Gasteiger partial charge in [-0.1, -0.05) is 127 Å². The molecule has 0 saturated carbocycles. The number of aromatic carboxylic acids is 1. The van der Waals surface area contributed by atoms with Gasteiger partial charge in [0.2, 0.25) is 0 Å². The summed E-state index contributed by atoms with van der Waals surface area (Å²) in [5.41, 5.74) is 9.23. The summed E-state index contributed by atoms with van der Waals surface area (Å²) < 4.78 is 12.3. The van der Waals surface area contributed by atoms with E-state index in [1.54, 1.807) is 35.9 Å². The molecular weight excluding hydrogens is 775 g/mol. The number of hydrogen-bond donors (Lipinski definition) is 1. The Hall–Kier alpha value is -5.99. The Balaban J connectivity index is 1.08. The first kappa shape index (κ1) is 43.1. The number of ether oxygens (including phenoxy) is 2. The number of hydrogen-bond acceptors (Lipinski definition) is 7. The molecule has 7 nitrogen and oxygen atoms in total. The maximum Gasteiger partial charge on any atom is 0.335 e. The van der Waals surface area contributed by atoms with Crippen LogP contribution in [-0.2, 0) is 0 Å². The Labute approximate surface area is 365 Å². The molecule has 2 aromatic heterocycles. The highest BCUT2D eigenvalue weighted by Crippen LogP contribution is 2.43. The maximum absolute atomic E-state index is 11.5. The number of fused-ring (bicyclic) bond motifs is 1. The normalized spacial score (nSPS) is 11.2. The zero-order valence-electron chi connectivity index (χ0n) is 35.5. The van der Waals surface area contributed by atoms with Crippen molar-refractivity contribution >= 4 is 45.4 Å². The molecule has 0 aliphatic heterocycles. The van der Waals surface area contributed by atoms with Crippen molar-refractivity contribution in [1.29, 1.82) is 0 Å². The van der Waals surface area contributed by atoms with Gasteiger partial charge in [-0.3, -0.25) is 9.97 Å². The number of unbranched alkanes of at least 4 members (excludes halogenated alkanes) is 10. The first-order chi connectivity index (χ1) is 30.0. The van der Waals surface area contributed by atoms with Gasteiger partial charge in [0.25, 0.3) is 0 Å². The van der Waals surface area contributed by atoms with Crippen molar-refractivity contribution in [3.05, 3.63) is 139 Å². The predicted octanol–water partition coefficient (Wildman–Crippen LogP) is 15.3. The van der Waals surface area contributed by atoms with Crippen LogP contribution in [0, 0.1) is 0 Å². The molecule has 7 rings (SSSR count). The Morgan fingerprint density at radius 3 is 1.28 bits per heavy atom. The van der Waals surface area contributed by atoms with Crippen molar-refractivity contribution in [3.63, 3.8) is 0 Å². The van der Waals surface area contributed by atoms with Crippen LogP contribution in [0.3, 0.4) is 0 Å². The lowest BCUT2D eigenvalue weighted by Gasteiger charge is -2.26. The van der Waals surface area contributed by atoms with E-state index in [1.807, 2.05) is 12.1 Å². The first-order valence-corrected chi connectivity index (χ1v) is 22.9. The minimum absolute atomic E-state index is 0.253. The molecule has 5 aromatic carbocycles. The topological polar surface area (TPSA) is 84.8 Å². The highest BCUT2D eigenvalue weighted by Gasteiger charge is 2.18. The zero-order chi connectivity index (χ0) is 42.2. The predicted molar refractivity (Wildman–Crippen MR) is 253 cm³/mol. The van der Waals surface area contributed by atoms with Gasteiger partial charge < -0.3 is 19.5 Å². The molecular formula is C53H57N3O4S. The van der Waals surface area contributed by atoms with E-state index in [4.69, 9.17) is 14.5 Å². The van der Waals surface area contributed by atoms with E-state index in [-0.39, 0.29) is 5.56 Å². The van der Waals surface area contributed by atoms with Crippen LogP contribution in [0.4, 0.5) is 17.1 Å². The fraction of sp³-hybridized carbons (Fsp3) is 0.302. The lowest BCUT2D eigenvalue weighted by atomic mass is 10.0. The summed E-state index contributed by atoms with van der Waals surface area (Å²) in [7, 11) is 0. The summed E-state index contributed by atoms with van der Waals surface area (Å²) in [5.74, 6) is 0.837. The molecule has 0 bridgehead atoms.